The van der Waals surface area contributed by atoms with Gasteiger partial charge in [-0.15, -0.1) is 0 Å². The second kappa shape index (κ2) is 10.0. The summed E-state index contributed by atoms with van der Waals surface area (Å²) in [4.78, 5) is 24.1. The minimum atomic E-state index is -0.213. The van der Waals surface area contributed by atoms with Crippen LogP contribution < -0.4 is 20.1 Å². The van der Waals surface area contributed by atoms with Gasteiger partial charge in [0.15, 0.2) is 0 Å². The lowest BCUT2D eigenvalue weighted by Gasteiger charge is -2.13. The van der Waals surface area contributed by atoms with E-state index >= 15 is 0 Å². The molecule has 2 aromatic carbocycles. The monoisotopic (exact) mass is 410 g/mol. The van der Waals surface area contributed by atoms with Crippen molar-refractivity contribution < 1.29 is 19.1 Å². The number of hydrogen-bond donors (Lipinski definition) is 2. The van der Waals surface area contributed by atoms with Gasteiger partial charge in [0, 0.05) is 29.6 Å². The molecule has 0 heterocycles. The summed E-state index contributed by atoms with van der Waals surface area (Å²) in [5.74, 6) is 0.475. The number of methoxy groups -OCH3 is 2. The molecule has 0 fully saturated rings. The number of ether oxygens (including phenoxy) is 2. The van der Waals surface area contributed by atoms with Crippen LogP contribution in [-0.4, -0.2) is 32.6 Å². The van der Waals surface area contributed by atoms with Crippen LogP contribution in [0.25, 0.3) is 0 Å². The molecule has 144 valence electrons. The molecular formula is C19H20Cl2N2O4. The number of carbonyl (C=O) groups excluding carboxylic acids is 2. The molecule has 0 saturated heterocycles. The van der Waals surface area contributed by atoms with Crippen molar-refractivity contribution in [3.05, 3.63) is 52.0 Å². The predicted molar refractivity (Wildman–Crippen MR) is 106 cm³/mol. The van der Waals surface area contributed by atoms with E-state index in [0.717, 1.165) is 0 Å². The van der Waals surface area contributed by atoms with E-state index in [9.17, 15) is 9.59 Å². The fourth-order valence-electron chi connectivity index (χ4n) is 2.32. The quantitative estimate of drug-likeness (QED) is 0.640. The Kier molecular flexibility index (Phi) is 7.76. The number of halogens is 2. The fraction of sp³-hybridized carbons (Fsp3) is 0.263. The number of anilines is 1. The van der Waals surface area contributed by atoms with Crippen molar-refractivity contribution in [2.75, 3.05) is 26.1 Å². The molecule has 0 atom stereocenters. The lowest BCUT2D eigenvalue weighted by Crippen LogP contribution is -2.25. The van der Waals surface area contributed by atoms with Crippen LogP contribution in [0.1, 0.15) is 23.2 Å². The Balaban J connectivity index is 1.82. The molecule has 0 aliphatic carbocycles. The van der Waals surface area contributed by atoms with E-state index in [1.165, 1.54) is 14.2 Å². The molecule has 0 radical (unpaired) electrons. The molecule has 0 unspecified atom stereocenters. The second-order valence-electron chi connectivity index (χ2n) is 5.60. The number of carbonyl (C=O) groups is 2. The Morgan fingerprint density at radius 3 is 2.30 bits per heavy atom. The van der Waals surface area contributed by atoms with Crippen molar-refractivity contribution in [2.45, 2.75) is 12.8 Å². The summed E-state index contributed by atoms with van der Waals surface area (Å²) < 4.78 is 10.4. The van der Waals surface area contributed by atoms with Crippen LogP contribution in [0.15, 0.2) is 36.4 Å². The van der Waals surface area contributed by atoms with E-state index < -0.39 is 0 Å². The highest BCUT2D eigenvalue weighted by Crippen LogP contribution is 2.35. The van der Waals surface area contributed by atoms with E-state index in [-0.39, 0.29) is 18.2 Å². The molecule has 2 aromatic rings. The zero-order chi connectivity index (χ0) is 19.8. The first kappa shape index (κ1) is 20.9. The van der Waals surface area contributed by atoms with Crippen molar-refractivity contribution in [1.29, 1.82) is 0 Å². The van der Waals surface area contributed by atoms with E-state index in [2.05, 4.69) is 10.6 Å². The van der Waals surface area contributed by atoms with Gasteiger partial charge in [0.05, 0.1) is 24.9 Å². The van der Waals surface area contributed by atoms with Gasteiger partial charge in [-0.25, -0.2) is 0 Å². The van der Waals surface area contributed by atoms with Gasteiger partial charge in [-0.3, -0.25) is 9.59 Å². The van der Waals surface area contributed by atoms with E-state index in [4.69, 9.17) is 32.7 Å². The summed E-state index contributed by atoms with van der Waals surface area (Å²) in [7, 11) is 2.99. The number of hydrogen-bond acceptors (Lipinski definition) is 4. The summed E-state index contributed by atoms with van der Waals surface area (Å²) in [6.45, 7) is 0.370. The largest absolute Gasteiger partial charge is 0.495 e. The highest BCUT2D eigenvalue weighted by molar-refractivity contribution is 6.32. The van der Waals surface area contributed by atoms with Gasteiger partial charge >= 0.3 is 0 Å². The molecule has 2 N–H and O–H groups in total. The minimum absolute atomic E-state index is 0.212. The highest BCUT2D eigenvalue weighted by atomic mass is 35.5. The maximum atomic E-state index is 12.1. The summed E-state index contributed by atoms with van der Waals surface area (Å²) >= 11 is 11.9. The molecule has 0 aromatic heterocycles. The normalized spacial score (nSPS) is 10.2. The molecule has 0 bridgehead atoms. The van der Waals surface area contributed by atoms with Gasteiger partial charge in [0.2, 0.25) is 5.91 Å². The Labute approximate surface area is 167 Å². The van der Waals surface area contributed by atoms with Gasteiger partial charge in [0.1, 0.15) is 11.5 Å². The lowest BCUT2D eigenvalue weighted by atomic mass is 10.2. The molecule has 8 heteroatoms. The molecule has 27 heavy (non-hydrogen) atoms. The van der Waals surface area contributed by atoms with Crippen LogP contribution in [0.5, 0.6) is 11.5 Å². The van der Waals surface area contributed by atoms with Crippen molar-refractivity contribution in [1.82, 2.24) is 5.32 Å². The van der Waals surface area contributed by atoms with Crippen LogP contribution >= 0.6 is 23.2 Å². The Hall–Kier alpha value is -2.44. The third-order valence-corrected chi connectivity index (χ3v) is 4.27. The van der Waals surface area contributed by atoms with Crippen LogP contribution in [0.2, 0.25) is 10.0 Å². The average molecular weight is 411 g/mol. The van der Waals surface area contributed by atoms with Crippen LogP contribution in [0.3, 0.4) is 0 Å². The van der Waals surface area contributed by atoms with Gasteiger partial charge < -0.3 is 20.1 Å². The Morgan fingerprint density at radius 2 is 1.67 bits per heavy atom. The fourth-order valence-corrected chi connectivity index (χ4v) is 2.69. The van der Waals surface area contributed by atoms with Gasteiger partial charge in [0.25, 0.3) is 5.91 Å². The molecule has 2 amide bonds. The molecule has 0 aliphatic heterocycles. The van der Waals surface area contributed by atoms with Gasteiger partial charge in [-0.05, 0) is 36.8 Å². The third kappa shape index (κ3) is 6.05. The molecule has 0 saturated carbocycles. The second-order valence-corrected chi connectivity index (χ2v) is 6.45. The number of nitrogens with one attached hydrogen (secondary N) is 2. The smallest absolute Gasteiger partial charge is 0.251 e. The van der Waals surface area contributed by atoms with Crippen LogP contribution in [0.4, 0.5) is 5.69 Å². The van der Waals surface area contributed by atoms with Gasteiger partial charge in [-0.1, -0.05) is 23.2 Å². The predicted octanol–water partition coefficient (Wildman–Crippen LogP) is 4.16. The van der Waals surface area contributed by atoms with Crippen molar-refractivity contribution in [2.24, 2.45) is 0 Å². The van der Waals surface area contributed by atoms with Crippen LogP contribution in [-0.2, 0) is 4.79 Å². The number of amides is 2. The zero-order valence-corrected chi connectivity index (χ0v) is 16.5. The standard InChI is InChI=1S/C19H20Cl2N2O4/c1-26-16-11-17(27-2)15(10-14(16)21)23-18(24)4-3-9-22-19(25)12-5-7-13(20)8-6-12/h5-8,10-11H,3-4,9H2,1-2H3,(H,22,25)(H,23,24). The third-order valence-electron chi connectivity index (χ3n) is 3.72. The molecule has 0 spiro atoms. The highest BCUT2D eigenvalue weighted by Gasteiger charge is 2.12. The summed E-state index contributed by atoms with van der Waals surface area (Å²) in [6.07, 6.45) is 0.713. The summed E-state index contributed by atoms with van der Waals surface area (Å²) in [5.41, 5.74) is 0.972. The first-order valence-corrected chi connectivity index (χ1v) is 8.95. The molecule has 6 nitrogen and oxygen atoms in total. The Morgan fingerprint density at radius 1 is 1.00 bits per heavy atom. The lowest BCUT2D eigenvalue weighted by molar-refractivity contribution is -0.116. The first-order valence-electron chi connectivity index (χ1n) is 8.19. The maximum Gasteiger partial charge on any atom is 0.251 e. The van der Waals surface area contributed by atoms with Crippen molar-refractivity contribution in [3.8, 4) is 11.5 Å². The minimum Gasteiger partial charge on any atom is -0.495 e. The van der Waals surface area contributed by atoms with Gasteiger partial charge in [-0.2, -0.15) is 0 Å². The number of rotatable bonds is 8. The van der Waals surface area contributed by atoms with E-state index in [1.54, 1.807) is 36.4 Å². The maximum absolute atomic E-state index is 12.1. The van der Waals surface area contributed by atoms with Crippen LogP contribution in [0, 0.1) is 0 Å². The summed E-state index contributed by atoms with van der Waals surface area (Å²) in [5, 5.41) is 6.44. The topological polar surface area (TPSA) is 76.7 Å². The average Bonchev–Trinajstić information content (AvgIpc) is 2.66. The van der Waals surface area contributed by atoms with Crippen molar-refractivity contribution in [3.63, 3.8) is 0 Å². The van der Waals surface area contributed by atoms with E-state index in [1.807, 2.05) is 0 Å². The summed E-state index contributed by atoms with van der Waals surface area (Å²) in [6, 6.07) is 9.76. The van der Waals surface area contributed by atoms with Crippen molar-refractivity contribution >= 4 is 40.7 Å². The first-order chi connectivity index (χ1) is 12.9. The molecular weight excluding hydrogens is 391 g/mol. The Bertz CT molecular complexity index is 810. The van der Waals surface area contributed by atoms with E-state index in [0.29, 0.717) is 45.8 Å². The molecule has 2 rings (SSSR count). The SMILES string of the molecule is COc1cc(OC)c(NC(=O)CCCNC(=O)c2ccc(Cl)cc2)cc1Cl. The number of benzene rings is 2. The zero-order valence-electron chi connectivity index (χ0n) is 15.0. The molecule has 0 aliphatic rings.